The van der Waals surface area contributed by atoms with Gasteiger partial charge >= 0.3 is 0 Å². The number of hydrogen-bond donors (Lipinski definition) is 1. The summed E-state index contributed by atoms with van der Waals surface area (Å²) >= 11 is 3.41. The minimum absolute atomic E-state index is 0.146. The van der Waals surface area contributed by atoms with Gasteiger partial charge in [-0.1, -0.05) is 76.6 Å². The zero-order valence-electron chi connectivity index (χ0n) is 16.3. The summed E-state index contributed by atoms with van der Waals surface area (Å²) < 4.78 is 2.52. The molecule has 4 aromatic rings. The van der Waals surface area contributed by atoms with Crippen LogP contribution in [0.4, 0.5) is 5.95 Å². The monoisotopic (exact) mass is 458 g/mol. The summed E-state index contributed by atoms with van der Waals surface area (Å²) in [7, 11) is 0. The normalized spacial score (nSPS) is 11.9. The second-order valence-corrected chi connectivity index (χ2v) is 7.57. The van der Waals surface area contributed by atoms with Crippen molar-refractivity contribution in [2.24, 2.45) is 10.1 Å². The van der Waals surface area contributed by atoms with Gasteiger partial charge in [-0.25, -0.2) is 14.7 Å². The van der Waals surface area contributed by atoms with Gasteiger partial charge in [0, 0.05) is 21.8 Å². The second kappa shape index (κ2) is 8.88. The van der Waals surface area contributed by atoms with Crippen LogP contribution in [0.15, 0.2) is 99.6 Å². The number of phenols is 1. The topological polar surface area (TPSA) is 62.8 Å². The molecule has 0 aliphatic heterocycles. The van der Waals surface area contributed by atoms with Gasteiger partial charge in [0.1, 0.15) is 5.75 Å². The van der Waals surface area contributed by atoms with Crippen LogP contribution >= 0.6 is 15.9 Å². The van der Waals surface area contributed by atoms with Crippen molar-refractivity contribution in [2.75, 3.05) is 0 Å². The summed E-state index contributed by atoms with van der Waals surface area (Å²) in [6.45, 7) is 1.95. The molecule has 4 rings (SSSR count). The van der Waals surface area contributed by atoms with Crippen molar-refractivity contribution < 1.29 is 5.11 Å². The molecule has 3 aromatic carbocycles. The second-order valence-electron chi connectivity index (χ2n) is 6.65. The maximum absolute atomic E-state index is 10.1. The van der Waals surface area contributed by atoms with E-state index in [1.54, 1.807) is 29.1 Å². The Kier molecular flexibility index (Phi) is 5.86. The summed E-state index contributed by atoms with van der Waals surface area (Å²) in [6, 6.07) is 25.0. The van der Waals surface area contributed by atoms with Crippen LogP contribution in [-0.2, 0) is 0 Å². The summed E-state index contributed by atoms with van der Waals surface area (Å²) in [5.74, 6) is 0.566. The van der Waals surface area contributed by atoms with Crippen molar-refractivity contribution >= 4 is 33.8 Å². The zero-order valence-corrected chi connectivity index (χ0v) is 17.9. The first-order valence-corrected chi connectivity index (χ1v) is 10.2. The van der Waals surface area contributed by atoms with Gasteiger partial charge in [0.05, 0.1) is 17.6 Å². The number of rotatable bonds is 5. The van der Waals surface area contributed by atoms with Crippen molar-refractivity contribution in [3.63, 3.8) is 0 Å². The summed E-state index contributed by atoms with van der Waals surface area (Å²) in [4.78, 5) is 9.17. The molecule has 0 aliphatic carbocycles. The van der Waals surface area contributed by atoms with E-state index in [1.165, 1.54) is 0 Å². The molecule has 0 amide bonds. The Morgan fingerprint density at radius 2 is 1.70 bits per heavy atom. The standard InChI is InChI=1S/C24H19BrN4O/c1-17(18-8-4-2-5-9-18)28-29-16-22(19-10-6-3-7-11-19)27-24(29)26-15-20-14-21(25)12-13-23(20)30/h2-16,30H,1H3/b26-15+,28-17+. The summed E-state index contributed by atoms with van der Waals surface area (Å²) in [6.07, 6.45) is 3.44. The number of imidazole rings is 1. The van der Waals surface area contributed by atoms with E-state index in [9.17, 15) is 5.11 Å². The van der Waals surface area contributed by atoms with Crippen LogP contribution in [0.25, 0.3) is 11.3 Å². The molecule has 0 saturated heterocycles. The van der Waals surface area contributed by atoms with Crippen LogP contribution in [0.1, 0.15) is 18.1 Å². The van der Waals surface area contributed by atoms with Crippen LogP contribution in [0.3, 0.4) is 0 Å². The Hall–Kier alpha value is -3.51. The lowest BCUT2D eigenvalue weighted by atomic mass is 10.1. The lowest BCUT2D eigenvalue weighted by molar-refractivity contribution is 0.474. The summed E-state index contributed by atoms with van der Waals surface area (Å²) in [5, 5.41) is 14.8. The Bertz CT molecular complexity index is 1210. The highest BCUT2D eigenvalue weighted by molar-refractivity contribution is 9.10. The molecule has 1 N–H and O–H groups in total. The predicted molar refractivity (Wildman–Crippen MR) is 125 cm³/mol. The van der Waals surface area contributed by atoms with Crippen molar-refractivity contribution in [2.45, 2.75) is 6.92 Å². The van der Waals surface area contributed by atoms with Crippen molar-refractivity contribution in [1.82, 2.24) is 9.66 Å². The first-order chi connectivity index (χ1) is 14.6. The quantitative estimate of drug-likeness (QED) is 0.370. The van der Waals surface area contributed by atoms with Crippen LogP contribution in [0, 0.1) is 0 Å². The molecular formula is C24H19BrN4O. The lowest BCUT2D eigenvalue weighted by Crippen LogP contribution is -1.98. The molecule has 0 atom stereocenters. The van der Waals surface area contributed by atoms with Crippen molar-refractivity contribution in [3.05, 3.63) is 101 Å². The number of hydrogen-bond acceptors (Lipinski definition) is 4. The third kappa shape index (κ3) is 4.55. The van der Waals surface area contributed by atoms with Gasteiger partial charge in [-0.2, -0.15) is 5.10 Å². The van der Waals surface area contributed by atoms with Crippen LogP contribution in [-0.4, -0.2) is 26.7 Å². The maximum atomic E-state index is 10.1. The highest BCUT2D eigenvalue weighted by Crippen LogP contribution is 2.24. The number of halogens is 1. The average Bonchev–Trinajstić information content (AvgIpc) is 3.18. The number of aromatic hydroxyl groups is 1. The molecule has 0 radical (unpaired) electrons. The third-order valence-electron chi connectivity index (χ3n) is 4.50. The molecule has 148 valence electrons. The highest BCUT2D eigenvalue weighted by atomic mass is 79.9. The van der Waals surface area contributed by atoms with E-state index in [2.05, 4.69) is 25.9 Å². The van der Waals surface area contributed by atoms with Crippen LogP contribution < -0.4 is 0 Å². The molecule has 1 aromatic heterocycles. The molecule has 6 heteroatoms. The van der Waals surface area contributed by atoms with Crippen molar-refractivity contribution in [1.29, 1.82) is 0 Å². The molecule has 0 bridgehead atoms. The van der Waals surface area contributed by atoms with Crippen LogP contribution in [0.2, 0.25) is 0 Å². The Morgan fingerprint density at radius 1 is 1.00 bits per heavy atom. The average molecular weight is 459 g/mol. The maximum Gasteiger partial charge on any atom is 0.251 e. The van der Waals surface area contributed by atoms with Gasteiger partial charge in [0.15, 0.2) is 0 Å². The fourth-order valence-corrected chi connectivity index (χ4v) is 3.30. The molecule has 5 nitrogen and oxygen atoms in total. The minimum atomic E-state index is 0.146. The fourth-order valence-electron chi connectivity index (χ4n) is 2.93. The molecule has 0 spiro atoms. The molecule has 30 heavy (non-hydrogen) atoms. The first-order valence-electron chi connectivity index (χ1n) is 9.38. The van der Waals surface area contributed by atoms with E-state index in [-0.39, 0.29) is 5.75 Å². The van der Waals surface area contributed by atoms with E-state index >= 15 is 0 Å². The molecule has 1 heterocycles. The molecule has 0 saturated carbocycles. The predicted octanol–water partition coefficient (Wildman–Crippen LogP) is 6.04. The Labute approximate surface area is 183 Å². The van der Waals surface area contributed by atoms with Gasteiger partial charge in [0.2, 0.25) is 0 Å². The Balaban J connectivity index is 1.77. The number of aliphatic imine (C=N–C) groups is 1. The smallest absolute Gasteiger partial charge is 0.251 e. The van der Waals surface area contributed by atoms with E-state index in [0.717, 1.165) is 27.0 Å². The largest absolute Gasteiger partial charge is 0.507 e. The van der Waals surface area contributed by atoms with Gasteiger partial charge < -0.3 is 5.11 Å². The van der Waals surface area contributed by atoms with E-state index in [4.69, 9.17) is 5.10 Å². The van der Waals surface area contributed by atoms with Crippen molar-refractivity contribution in [3.8, 4) is 17.0 Å². The Morgan fingerprint density at radius 3 is 2.43 bits per heavy atom. The number of benzene rings is 3. The molecular weight excluding hydrogens is 440 g/mol. The van der Waals surface area contributed by atoms with Gasteiger partial charge in [-0.15, -0.1) is 0 Å². The molecule has 0 unspecified atom stereocenters. The lowest BCUT2D eigenvalue weighted by Gasteiger charge is -2.02. The van der Waals surface area contributed by atoms with E-state index in [1.807, 2.05) is 73.8 Å². The zero-order chi connectivity index (χ0) is 20.9. The first kappa shape index (κ1) is 19.8. The highest BCUT2D eigenvalue weighted by Gasteiger charge is 2.10. The number of aromatic nitrogens is 2. The van der Waals surface area contributed by atoms with E-state index < -0.39 is 0 Å². The SMILES string of the molecule is C/C(=N\n1cc(-c2ccccc2)nc1/N=C/c1cc(Br)ccc1O)c1ccccc1. The number of phenolic OH excluding ortho intramolecular Hbond substituents is 1. The van der Waals surface area contributed by atoms with Gasteiger partial charge in [-0.3, -0.25) is 0 Å². The van der Waals surface area contributed by atoms with Crippen LogP contribution in [0.5, 0.6) is 5.75 Å². The minimum Gasteiger partial charge on any atom is -0.507 e. The van der Waals surface area contributed by atoms with E-state index in [0.29, 0.717) is 11.5 Å². The number of nitrogens with zero attached hydrogens (tertiary/aromatic N) is 4. The molecule has 0 fully saturated rings. The third-order valence-corrected chi connectivity index (χ3v) is 4.99. The molecule has 0 aliphatic rings. The van der Waals surface area contributed by atoms with Gasteiger partial charge in [-0.05, 0) is 30.7 Å². The summed E-state index contributed by atoms with van der Waals surface area (Å²) in [5.41, 5.74) is 4.20. The van der Waals surface area contributed by atoms with Gasteiger partial charge in [0.25, 0.3) is 5.95 Å². The fraction of sp³-hybridized carbons (Fsp3) is 0.0417.